The summed E-state index contributed by atoms with van der Waals surface area (Å²) in [5, 5.41) is 0. The van der Waals surface area contributed by atoms with E-state index in [9.17, 15) is 0 Å². The maximum atomic E-state index is 5.08. The summed E-state index contributed by atoms with van der Waals surface area (Å²) < 4.78 is 5.08. The van der Waals surface area contributed by atoms with Gasteiger partial charge in [-0.2, -0.15) is 0 Å². The van der Waals surface area contributed by atoms with Crippen LogP contribution in [0.4, 0.5) is 0 Å². The molecule has 17 heavy (non-hydrogen) atoms. The van der Waals surface area contributed by atoms with Crippen LogP contribution in [0.5, 0.6) is 0 Å². The monoisotopic (exact) mass is 230 g/mol. The summed E-state index contributed by atoms with van der Waals surface area (Å²) in [6.07, 6.45) is 11.7. The maximum absolute atomic E-state index is 5.08. The molecule has 0 amide bonds. The van der Waals surface area contributed by atoms with Gasteiger partial charge >= 0.3 is 0 Å². The molecule has 0 saturated heterocycles. The number of methoxy groups -OCH3 is 1. The highest BCUT2D eigenvalue weighted by atomic mass is 16.5. The molecule has 0 saturated carbocycles. The predicted molar refractivity (Wildman–Crippen MR) is 76.8 cm³/mol. The molecule has 1 heteroatoms. The summed E-state index contributed by atoms with van der Waals surface area (Å²) in [7, 11) is 1.66. The van der Waals surface area contributed by atoms with Crippen molar-refractivity contribution in [2.75, 3.05) is 7.11 Å². The van der Waals surface area contributed by atoms with Gasteiger partial charge < -0.3 is 4.74 Å². The van der Waals surface area contributed by atoms with Gasteiger partial charge in [-0.15, -0.1) is 0 Å². The van der Waals surface area contributed by atoms with Crippen molar-refractivity contribution >= 4 is 0 Å². The zero-order chi connectivity index (χ0) is 13.3. The predicted octanol–water partition coefficient (Wildman–Crippen LogP) is 4.73. The third-order valence-corrected chi connectivity index (χ3v) is 2.41. The van der Waals surface area contributed by atoms with E-state index >= 15 is 0 Å². The Kier molecular flexibility index (Phi) is 7.53. The zero-order valence-electron chi connectivity index (χ0n) is 11.3. The normalized spacial score (nSPS) is 14.6. The van der Waals surface area contributed by atoms with Crippen molar-refractivity contribution in [3.8, 4) is 0 Å². The highest BCUT2D eigenvalue weighted by Crippen LogP contribution is 2.12. The second kappa shape index (κ2) is 8.40. The average Bonchev–Trinajstić information content (AvgIpc) is 2.35. The van der Waals surface area contributed by atoms with Gasteiger partial charge in [0.25, 0.3) is 0 Å². The first-order chi connectivity index (χ1) is 8.04. The Balaban J connectivity index is 5.02. The molecule has 0 aromatic rings. The Morgan fingerprint density at radius 3 is 2.00 bits per heavy atom. The Labute approximate surface area is 105 Å². The second-order valence-corrected chi connectivity index (χ2v) is 3.77. The van der Waals surface area contributed by atoms with Gasteiger partial charge in [0.2, 0.25) is 0 Å². The lowest BCUT2D eigenvalue weighted by molar-refractivity contribution is 0.294. The van der Waals surface area contributed by atoms with Gasteiger partial charge in [0, 0.05) is 0 Å². The molecule has 0 rings (SSSR count). The van der Waals surface area contributed by atoms with Crippen LogP contribution < -0.4 is 0 Å². The molecule has 0 spiro atoms. The molecular weight excluding hydrogens is 208 g/mol. The lowest BCUT2D eigenvalue weighted by Gasteiger charge is -2.01. The van der Waals surface area contributed by atoms with E-state index in [4.69, 9.17) is 4.74 Å². The first-order valence-electron chi connectivity index (χ1n) is 5.58. The molecule has 0 bridgehead atoms. The van der Waals surface area contributed by atoms with Crippen molar-refractivity contribution in [2.45, 2.75) is 20.8 Å². The second-order valence-electron chi connectivity index (χ2n) is 3.77. The number of rotatable bonds is 6. The van der Waals surface area contributed by atoms with Gasteiger partial charge in [0.15, 0.2) is 0 Å². The minimum atomic E-state index is 0.870. The van der Waals surface area contributed by atoms with Crippen LogP contribution in [0.15, 0.2) is 72.1 Å². The molecule has 0 aromatic heterocycles. The summed E-state index contributed by atoms with van der Waals surface area (Å²) in [4.78, 5) is 0. The number of hydrogen-bond donors (Lipinski definition) is 0. The zero-order valence-corrected chi connectivity index (χ0v) is 11.3. The van der Waals surface area contributed by atoms with Gasteiger partial charge in [0.05, 0.1) is 12.9 Å². The van der Waals surface area contributed by atoms with Crippen LogP contribution in [0.2, 0.25) is 0 Å². The summed E-state index contributed by atoms with van der Waals surface area (Å²) in [6.45, 7) is 13.5. The Hall–Kier alpha value is -1.76. The molecular formula is C16H22O. The molecule has 0 N–H and O–H groups in total. The van der Waals surface area contributed by atoms with E-state index < -0.39 is 0 Å². The largest absolute Gasteiger partial charge is 0.501 e. The standard InChI is InChI=1S/C16H22O/c1-7-13(3)9-10-14(4)16(8-2)12-11-15(5)17-6/h7-12H,1-2H2,3-6H3/b13-9?,14-10+,15-11+,16-12+. The average molecular weight is 230 g/mol. The van der Waals surface area contributed by atoms with Crippen LogP contribution in [0.1, 0.15) is 20.8 Å². The van der Waals surface area contributed by atoms with Crippen LogP contribution in [0, 0.1) is 0 Å². The number of ether oxygens (including phenoxy) is 1. The quantitative estimate of drug-likeness (QED) is 0.473. The van der Waals surface area contributed by atoms with Crippen LogP contribution in [-0.2, 0) is 4.74 Å². The van der Waals surface area contributed by atoms with E-state index in [1.165, 1.54) is 0 Å². The molecule has 0 aliphatic rings. The van der Waals surface area contributed by atoms with Crippen molar-refractivity contribution in [3.05, 3.63) is 72.1 Å². The minimum absolute atomic E-state index is 0.870. The lowest BCUT2D eigenvalue weighted by atomic mass is 10.1. The van der Waals surface area contributed by atoms with Crippen molar-refractivity contribution < 1.29 is 4.74 Å². The fourth-order valence-corrected chi connectivity index (χ4v) is 1.06. The Bertz CT molecular complexity index is 390. The molecule has 92 valence electrons. The molecule has 0 aliphatic carbocycles. The molecule has 0 fully saturated rings. The highest BCUT2D eigenvalue weighted by molar-refractivity contribution is 5.42. The summed E-state index contributed by atoms with van der Waals surface area (Å²) >= 11 is 0. The number of hydrogen-bond acceptors (Lipinski definition) is 1. The first-order valence-corrected chi connectivity index (χ1v) is 5.58. The van der Waals surface area contributed by atoms with Gasteiger partial charge in [-0.25, -0.2) is 0 Å². The Morgan fingerprint density at radius 2 is 1.53 bits per heavy atom. The topological polar surface area (TPSA) is 9.23 Å². The third-order valence-electron chi connectivity index (χ3n) is 2.41. The van der Waals surface area contributed by atoms with E-state index in [0.717, 1.165) is 22.5 Å². The molecule has 0 radical (unpaired) electrons. The van der Waals surface area contributed by atoms with Crippen molar-refractivity contribution in [3.63, 3.8) is 0 Å². The molecule has 0 unspecified atom stereocenters. The van der Waals surface area contributed by atoms with Gasteiger partial charge in [0.1, 0.15) is 0 Å². The fraction of sp³-hybridized carbons (Fsp3) is 0.250. The van der Waals surface area contributed by atoms with Crippen LogP contribution in [-0.4, -0.2) is 7.11 Å². The van der Waals surface area contributed by atoms with Crippen molar-refractivity contribution in [1.29, 1.82) is 0 Å². The molecule has 0 heterocycles. The minimum Gasteiger partial charge on any atom is -0.501 e. The van der Waals surface area contributed by atoms with Gasteiger partial charge in [-0.3, -0.25) is 0 Å². The molecule has 0 aliphatic heterocycles. The summed E-state index contributed by atoms with van der Waals surface area (Å²) in [6, 6.07) is 0. The van der Waals surface area contributed by atoms with E-state index in [1.807, 2.05) is 44.2 Å². The van der Waals surface area contributed by atoms with Gasteiger partial charge in [-0.05, 0) is 38.0 Å². The van der Waals surface area contributed by atoms with Crippen molar-refractivity contribution in [2.24, 2.45) is 0 Å². The van der Waals surface area contributed by atoms with Crippen LogP contribution >= 0.6 is 0 Å². The van der Waals surface area contributed by atoms with Crippen LogP contribution in [0.25, 0.3) is 0 Å². The SMILES string of the molecule is C=CC(C)=C/C=C(C)/C(C=C)=C/C=C(\C)OC. The van der Waals surface area contributed by atoms with E-state index in [1.54, 1.807) is 7.11 Å². The molecule has 1 nitrogen and oxygen atoms in total. The Morgan fingerprint density at radius 1 is 0.882 bits per heavy atom. The summed E-state index contributed by atoms with van der Waals surface area (Å²) in [5.41, 5.74) is 3.37. The van der Waals surface area contributed by atoms with E-state index in [0.29, 0.717) is 0 Å². The molecule has 0 atom stereocenters. The number of allylic oxidation sites excluding steroid dienone is 10. The smallest absolute Gasteiger partial charge is 0.0924 e. The van der Waals surface area contributed by atoms with Crippen molar-refractivity contribution in [1.82, 2.24) is 0 Å². The fourth-order valence-electron chi connectivity index (χ4n) is 1.06. The van der Waals surface area contributed by atoms with E-state index in [2.05, 4.69) is 26.2 Å². The van der Waals surface area contributed by atoms with Crippen LogP contribution in [0.3, 0.4) is 0 Å². The van der Waals surface area contributed by atoms with E-state index in [-0.39, 0.29) is 0 Å². The summed E-state index contributed by atoms with van der Waals surface area (Å²) in [5.74, 6) is 0.870. The lowest BCUT2D eigenvalue weighted by Crippen LogP contribution is -1.82. The molecule has 0 aromatic carbocycles. The third kappa shape index (κ3) is 6.41. The van der Waals surface area contributed by atoms with Gasteiger partial charge in [-0.1, -0.05) is 49.1 Å². The highest BCUT2D eigenvalue weighted by Gasteiger charge is 1.93. The maximum Gasteiger partial charge on any atom is 0.0924 e. The first kappa shape index (κ1) is 15.2.